The summed E-state index contributed by atoms with van der Waals surface area (Å²) in [6.45, 7) is 9.23. The molecule has 1 heterocycles. The summed E-state index contributed by atoms with van der Waals surface area (Å²) in [5.41, 5.74) is 0. The van der Waals surface area contributed by atoms with Crippen LogP contribution in [0.4, 0.5) is 0 Å². The number of hydrogen-bond acceptors (Lipinski definition) is 4. The Hall–Kier alpha value is -0.160. The van der Waals surface area contributed by atoms with Gasteiger partial charge in [-0.2, -0.15) is 0 Å². The minimum atomic E-state index is 0.683. The highest BCUT2D eigenvalue weighted by Crippen LogP contribution is 2.04. The molecule has 102 valence electrons. The summed E-state index contributed by atoms with van der Waals surface area (Å²) in [5.74, 6) is 0. The molecule has 1 N–H and O–H groups in total. The summed E-state index contributed by atoms with van der Waals surface area (Å²) in [6.07, 6.45) is 3.54. The van der Waals surface area contributed by atoms with E-state index in [4.69, 9.17) is 9.47 Å². The first-order chi connectivity index (χ1) is 8.36. The van der Waals surface area contributed by atoms with Crippen LogP contribution in [0.5, 0.6) is 0 Å². The van der Waals surface area contributed by atoms with Crippen molar-refractivity contribution in [3.8, 4) is 0 Å². The average Bonchev–Trinajstić information content (AvgIpc) is 2.35. The van der Waals surface area contributed by atoms with Crippen LogP contribution in [0.15, 0.2) is 0 Å². The number of rotatable bonds is 9. The number of nitrogens with zero attached hydrogens (tertiary/aromatic N) is 1. The Morgan fingerprint density at radius 1 is 1.29 bits per heavy atom. The Labute approximate surface area is 106 Å². The summed E-state index contributed by atoms with van der Waals surface area (Å²) in [6, 6.07) is 0.683. The molecule has 4 heteroatoms. The zero-order valence-corrected chi connectivity index (χ0v) is 11.4. The van der Waals surface area contributed by atoms with Gasteiger partial charge in [-0.1, -0.05) is 13.3 Å². The van der Waals surface area contributed by atoms with Gasteiger partial charge in [0.2, 0.25) is 0 Å². The van der Waals surface area contributed by atoms with E-state index in [1.165, 1.54) is 19.4 Å². The third kappa shape index (κ3) is 6.99. The molecule has 0 radical (unpaired) electrons. The molecule has 0 spiro atoms. The number of ether oxygens (including phenoxy) is 2. The molecule has 1 fully saturated rings. The number of methoxy groups -OCH3 is 1. The Kier molecular flexibility index (Phi) is 8.61. The quantitative estimate of drug-likeness (QED) is 0.616. The predicted molar refractivity (Wildman–Crippen MR) is 70.5 cm³/mol. The van der Waals surface area contributed by atoms with Crippen LogP contribution >= 0.6 is 0 Å². The van der Waals surface area contributed by atoms with Gasteiger partial charge in [-0.05, 0) is 12.8 Å². The minimum absolute atomic E-state index is 0.683. The molecule has 0 amide bonds. The molecule has 1 unspecified atom stereocenters. The van der Waals surface area contributed by atoms with Gasteiger partial charge in [-0.25, -0.2) is 0 Å². The van der Waals surface area contributed by atoms with E-state index in [0.29, 0.717) is 6.04 Å². The van der Waals surface area contributed by atoms with E-state index in [-0.39, 0.29) is 0 Å². The van der Waals surface area contributed by atoms with E-state index < -0.39 is 0 Å². The monoisotopic (exact) mass is 244 g/mol. The van der Waals surface area contributed by atoms with Gasteiger partial charge in [0.15, 0.2) is 0 Å². The van der Waals surface area contributed by atoms with Crippen LogP contribution < -0.4 is 5.32 Å². The molecule has 0 aromatic carbocycles. The van der Waals surface area contributed by atoms with Gasteiger partial charge >= 0.3 is 0 Å². The largest absolute Gasteiger partial charge is 0.385 e. The molecule has 0 aromatic heterocycles. The molecule has 1 rings (SSSR count). The van der Waals surface area contributed by atoms with Crippen molar-refractivity contribution in [1.29, 1.82) is 0 Å². The summed E-state index contributed by atoms with van der Waals surface area (Å²) >= 11 is 0. The van der Waals surface area contributed by atoms with Crippen LogP contribution in [0.3, 0.4) is 0 Å². The average molecular weight is 244 g/mol. The van der Waals surface area contributed by atoms with Crippen molar-refractivity contribution in [2.75, 3.05) is 53.1 Å². The molecular weight excluding hydrogens is 216 g/mol. The fraction of sp³-hybridized carbons (Fsp3) is 1.00. The van der Waals surface area contributed by atoms with Gasteiger partial charge in [0.1, 0.15) is 0 Å². The third-order valence-corrected chi connectivity index (χ3v) is 3.17. The van der Waals surface area contributed by atoms with E-state index in [0.717, 1.165) is 45.9 Å². The smallest absolute Gasteiger partial charge is 0.0593 e. The Morgan fingerprint density at radius 3 is 2.94 bits per heavy atom. The first kappa shape index (κ1) is 14.9. The zero-order chi connectivity index (χ0) is 12.3. The second kappa shape index (κ2) is 9.83. The van der Waals surface area contributed by atoms with Crippen molar-refractivity contribution >= 4 is 0 Å². The van der Waals surface area contributed by atoms with Crippen molar-refractivity contribution in [3.05, 3.63) is 0 Å². The normalized spacial score (nSPS) is 21.9. The minimum Gasteiger partial charge on any atom is -0.385 e. The molecule has 0 aromatic rings. The van der Waals surface area contributed by atoms with Crippen LogP contribution in [0.1, 0.15) is 26.2 Å². The maximum Gasteiger partial charge on any atom is 0.0593 e. The second-order valence-corrected chi connectivity index (χ2v) is 4.70. The molecule has 0 aliphatic carbocycles. The van der Waals surface area contributed by atoms with Crippen molar-refractivity contribution < 1.29 is 9.47 Å². The van der Waals surface area contributed by atoms with E-state index in [2.05, 4.69) is 17.1 Å². The van der Waals surface area contributed by atoms with Crippen molar-refractivity contribution in [2.45, 2.75) is 32.2 Å². The molecular formula is C13H28N2O2. The molecule has 1 aliphatic heterocycles. The van der Waals surface area contributed by atoms with E-state index in [1.54, 1.807) is 7.11 Å². The Balaban J connectivity index is 1.98. The molecule has 1 saturated heterocycles. The first-order valence-corrected chi connectivity index (χ1v) is 6.89. The predicted octanol–water partition coefficient (Wildman–Crippen LogP) is 1.11. The lowest BCUT2D eigenvalue weighted by Crippen LogP contribution is -2.51. The van der Waals surface area contributed by atoms with Gasteiger partial charge in [0.05, 0.1) is 6.61 Å². The van der Waals surface area contributed by atoms with Crippen molar-refractivity contribution in [1.82, 2.24) is 10.2 Å². The molecule has 4 nitrogen and oxygen atoms in total. The molecule has 1 aliphatic rings. The summed E-state index contributed by atoms with van der Waals surface area (Å²) < 4.78 is 10.6. The molecule has 0 saturated carbocycles. The van der Waals surface area contributed by atoms with Crippen molar-refractivity contribution in [2.24, 2.45) is 0 Å². The van der Waals surface area contributed by atoms with Gasteiger partial charge in [0.25, 0.3) is 0 Å². The molecule has 17 heavy (non-hydrogen) atoms. The van der Waals surface area contributed by atoms with Gasteiger partial charge < -0.3 is 14.8 Å². The van der Waals surface area contributed by atoms with Gasteiger partial charge in [-0.3, -0.25) is 4.90 Å². The maximum atomic E-state index is 5.59. The second-order valence-electron chi connectivity index (χ2n) is 4.70. The van der Waals surface area contributed by atoms with E-state index >= 15 is 0 Å². The topological polar surface area (TPSA) is 33.7 Å². The van der Waals surface area contributed by atoms with Crippen LogP contribution in [-0.2, 0) is 9.47 Å². The SMILES string of the molecule is CCCC1CN(CCOCCCOC)CCN1. The van der Waals surface area contributed by atoms with Crippen LogP contribution in [-0.4, -0.2) is 64.1 Å². The van der Waals surface area contributed by atoms with E-state index in [1.807, 2.05) is 0 Å². The van der Waals surface area contributed by atoms with Gasteiger partial charge in [-0.15, -0.1) is 0 Å². The summed E-state index contributed by atoms with van der Waals surface area (Å²) in [4.78, 5) is 2.51. The fourth-order valence-corrected chi connectivity index (χ4v) is 2.24. The highest BCUT2D eigenvalue weighted by atomic mass is 16.5. The maximum absolute atomic E-state index is 5.59. The Bertz CT molecular complexity index is 177. The number of piperazine rings is 1. The lowest BCUT2D eigenvalue weighted by Gasteiger charge is -2.33. The highest BCUT2D eigenvalue weighted by Gasteiger charge is 2.17. The number of nitrogens with one attached hydrogen (secondary N) is 1. The lowest BCUT2D eigenvalue weighted by molar-refractivity contribution is 0.0754. The first-order valence-electron chi connectivity index (χ1n) is 6.89. The van der Waals surface area contributed by atoms with Crippen LogP contribution in [0, 0.1) is 0 Å². The van der Waals surface area contributed by atoms with Crippen molar-refractivity contribution in [3.63, 3.8) is 0 Å². The fourth-order valence-electron chi connectivity index (χ4n) is 2.24. The van der Waals surface area contributed by atoms with Crippen LogP contribution in [0.25, 0.3) is 0 Å². The lowest BCUT2D eigenvalue weighted by atomic mass is 10.1. The summed E-state index contributed by atoms with van der Waals surface area (Å²) in [7, 11) is 1.73. The highest BCUT2D eigenvalue weighted by molar-refractivity contribution is 4.77. The number of hydrogen-bond donors (Lipinski definition) is 1. The standard InChI is InChI=1S/C13H28N2O2/c1-3-5-13-12-15(7-6-14-13)8-11-17-10-4-9-16-2/h13-14H,3-12H2,1-2H3. The Morgan fingerprint density at radius 2 is 2.18 bits per heavy atom. The third-order valence-electron chi connectivity index (χ3n) is 3.17. The zero-order valence-electron chi connectivity index (χ0n) is 11.4. The molecule has 1 atom stereocenters. The van der Waals surface area contributed by atoms with Gasteiger partial charge in [0, 0.05) is 52.5 Å². The molecule has 0 bridgehead atoms. The summed E-state index contributed by atoms with van der Waals surface area (Å²) in [5, 5.41) is 3.57. The van der Waals surface area contributed by atoms with Crippen LogP contribution in [0.2, 0.25) is 0 Å². The van der Waals surface area contributed by atoms with E-state index in [9.17, 15) is 0 Å².